The molecule has 122 valence electrons. The Hall–Kier alpha value is -1.79. The topological polar surface area (TPSA) is 67.1 Å². The van der Waals surface area contributed by atoms with Crippen molar-refractivity contribution in [2.24, 2.45) is 0 Å². The molecule has 2 aliphatic rings. The Bertz CT molecular complexity index is 625. The molecule has 3 heterocycles. The Labute approximate surface area is 136 Å². The van der Waals surface area contributed by atoms with Gasteiger partial charge in [-0.25, -0.2) is 0 Å². The number of hydrogen-bond acceptors (Lipinski definition) is 6. The Balaban J connectivity index is 1.28. The summed E-state index contributed by atoms with van der Waals surface area (Å²) >= 11 is 0. The second kappa shape index (κ2) is 6.76. The quantitative estimate of drug-likeness (QED) is 0.881. The summed E-state index contributed by atoms with van der Waals surface area (Å²) in [6.45, 7) is 3.85. The van der Waals surface area contributed by atoms with E-state index in [9.17, 15) is 0 Å². The van der Waals surface area contributed by atoms with Gasteiger partial charge in [0.1, 0.15) is 0 Å². The third-order valence-electron chi connectivity index (χ3n) is 4.63. The van der Waals surface area contributed by atoms with Crippen LogP contribution in [0.2, 0.25) is 0 Å². The Kier molecular flexibility index (Phi) is 4.35. The van der Waals surface area contributed by atoms with Crippen molar-refractivity contribution < 1.29 is 4.52 Å². The van der Waals surface area contributed by atoms with E-state index in [0.717, 1.165) is 37.9 Å². The molecule has 1 saturated heterocycles. The van der Waals surface area contributed by atoms with Gasteiger partial charge in [0, 0.05) is 37.4 Å². The van der Waals surface area contributed by atoms with Gasteiger partial charge in [0.25, 0.3) is 0 Å². The van der Waals surface area contributed by atoms with Gasteiger partial charge >= 0.3 is 0 Å². The molecule has 0 amide bonds. The van der Waals surface area contributed by atoms with Crippen LogP contribution in [0, 0.1) is 0 Å². The predicted octanol–water partition coefficient (Wildman–Crippen LogP) is 2.10. The first-order chi connectivity index (χ1) is 11.4. The molecule has 23 heavy (non-hydrogen) atoms. The fraction of sp³-hybridized carbons (Fsp3) is 0.588. The smallest absolute Gasteiger partial charge is 0.229 e. The van der Waals surface area contributed by atoms with Crippen molar-refractivity contribution in [3.8, 4) is 0 Å². The first-order valence-electron chi connectivity index (χ1n) is 8.54. The molecular weight excluding hydrogens is 290 g/mol. The number of likely N-dealkylation sites (tertiary alicyclic amines) is 1. The third kappa shape index (κ3) is 3.95. The zero-order valence-corrected chi connectivity index (χ0v) is 13.3. The molecule has 6 nitrogen and oxygen atoms in total. The lowest BCUT2D eigenvalue weighted by molar-refractivity contribution is 0.177. The lowest BCUT2D eigenvalue weighted by Crippen LogP contribution is -2.45. The van der Waals surface area contributed by atoms with Crippen LogP contribution in [0.15, 0.2) is 29.0 Å². The highest BCUT2D eigenvalue weighted by Crippen LogP contribution is 2.38. The highest BCUT2D eigenvalue weighted by atomic mass is 16.5. The van der Waals surface area contributed by atoms with Gasteiger partial charge in [-0.15, -0.1) is 0 Å². The minimum atomic E-state index is 0.520. The summed E-state index contributed by atoms with van der Waals surface area (Å²) in [6, 6.07) is 4.64. The number of hydrogen-bond donors (Lipinski definition) is 1. The number of nitrogens with zero attached hydrogens (tertiary/aromatic N) is 4. The number of rotatable bonds is 6. The second-order valence-electron chi connectivity index (χ2n) is 6.63. The van der Waals surface area contributed by atoms with Crippen LogP contribution in [0.4, 0.5) is 0 Å². The van der Waals surface area contributed by atoms with E-state index in [-0.39, 0.29) is 0 Å². The zero-order chi connectivity index (χ0) is 15.5. The van der Waals surface area contributed by atoms with Gasteiger partial charge < -0.3 is 9.84 Å². The third-order valence-corrected chi connectivity index (χ3v) is 4.63. The fourth-order valence-corrected chi connectivity index (χ4v) is 3.16. The molecule has 1 saturated carbocycles. The van der Waals surface area contributed by atoms with Gasteiger partial charge in [-0.2, -0.15) is 4.98 Å². The zero-order valence-electron chi connectivity index (χ0n) is 13.3. The van der Waals surface area contributed by atoms with Crippen molar-refractivity contribution in [1.82, 2.24) is 25.3 Å². The van der Waals surface area contributed by atoms with Crippen LogP contribution in [0.5, 0.6) is 0 Å². The summed E-state index contributed by atoms with van der Waals surface area (Å²) < 4.78 is 5.35. The van der Waals surface area contributed by atoms with Gasteiger partial charge in [-0.1, -0.05) is 5.16 Å². The summed E-state index contributed by atoms with van der Waals surface area (Å²) in [7, 11) is 0. The molecule has 0 radical (unpaired) electrons. The van der Waals surface area contributed by atoms with Crippen molar-refractivity contribution >= 4 is 0 Å². The van der Waals surface area contributed by atoms with Crippen LogP contribution >= 0.6 is 0 Å². The number of aromatic nitrogens is 3. The van der Waals surface area contributed by atoms with Gasteiger partial charge in [-0.3, -0.25) is 9.88 Å². The minimum Gasteiger partial charge on any atom is -0.339 e. The van der Waals surface area contributed by atoms with Crippen molar-refractivity contribution in [1.29, 1.82) is 0 Å². The van der Waals surface area contributed by atoms with Crippen LogP contribution in [0.3, 0.4) is 0 Å². The average molecular weight is 313 g/mol. The standard InChI is InChI=1S/C17H23N5O/c1-2-15(19-10-13-5-7-18-8-6-13)11-22(9-1)12-16-20-17(23-21-16)14-3-4-14/h5-8,14-15,19H,1-4,9-12H2/t15-/m1/s1. The van der Waals surface area contributed by atoms with E-state index in [0.29, 0.717) is 12.0 Å². The maximum Gasteiger partial charge on any atom is 0.229 e. The van der Waals surface area contributed by atoms with Crippen LogP contribution in [0.1, 0.15) is 48.9 Å². The van der Waals surface area contributed by atoms with Gasteiger partial charge in [-0.05, 0) is 49.9 Å². The van der Waals surface area contributed by atoms with E-state index >= 15 is 0 Å². The summed E-state index contributed by atoms with van der Waals surface area (Å²) in [5, 5.41) is 7.79. The molecule has 2 aromatic heterocycles. The van der Waals surface area contributed by atoms with E-state index in [4.69, 9.17) is 4.52 Å². The van der Waals surface area contributed by atoms with Crippen molar-refractivity contribution in [2.45, 2.75) is 50.7 Å². The van der Waals surface area contributed by atoms with Crippen LogP contribution in [-0.2, 0) is 13.1 Å². The maximum atomic E-state index is 5.35. The van der Waals surface area contributed by atoms with Gasteiger partial charge in [0.15, 0.2) is 5.82 Å². The lowest BCUT2D eigenvalue weighted by atomic mass is 10.1. The monoisotopic (exact) mass is 313 g/mol. The molecule has 6 heteroatoms. The van der Waals surface area contributed by atoms with Gasteiger partial charge in [0.2, 0.25) is 5.89 Å². The molecule has 1 atom stereocenters. The minimum absolute atomic E-state index is 0.520. The Morgan fingerprint density at radius 3 is 2.91 bits per heavy atom. The molecule has 0 bridgehead atoms. The van der Waals surface area contributed by atoms with Crippen molar-refractivity contribution in [2.75, 3.05) is 13.1 Å². The Morgan fingerprint density at radius 2 is 2.09 bits per heavy atom. The van der Waals surface area contributed by atoms with Crippen LogP contribution in [0.25, 0.3) is 0 Å². The molecule has 0 aromatic carbocycles. The first kappa shape index (κ1) is 14.8. The summed E-state index contributed by atoms with van der Waals surface area (Å²) in [5.41, 5.74) is 1.28. The molecule has 0 spiro atoms. The molecule has 4 rings (SSSR count). The molecule has 1 aliphatic carbocycles. The highest BCUT2D eigenvalue weighted by Gasteiger charge is 2.30. The largest absolute Gasteiger partial charge is 0.339 e. The lowest BCUT2D eigenvalue weighted by Gasteiger charge is -2.32. The van der Waals surface area contributed by atoms with Crippen molar-refractivity contribution in [3.63, 3.8) is 0 Å². The summed E-state index contributed by atoms with van der Waals surface area (Å²) in [6.07, 6.45) is 8.52. The van der Waals surface area contributed by atoms with Crippen molar-refractivity contribution in [3.05, 3.63) is 41.8 Å². The first-order valence-corrected chi connectivity index (χ1v) is 8.54. The predicted molar refractivity (Wildman–Crippen MR) is 85.6 cm³/mol. The molecule has 1 N–H and O–H groups in total. The molecular formula is C17H23N5O. The summed E-state index contributed by atoms with van der Waals surface area (Å²) in [5.74, 6) is 2.21. The Morgan fingerprint density at radius 1 is 1.22 bits per heavy atom. The fourth-order valence-electron chi connectivity index (χ4n) is 3.16. The summed E-state index contributed by atoms with van der Waals surface area (Å²) in [4.78, 5) is 11.0. The van der Waals surface area contributed by atoms with E-state index < -0.39 is 0 Å². The number of piperidine rings is 1. The highest BCUT2D eigenvalue weighted by molar-refractivity contribution is 5.09. The van der Waals surface area contributed by atoms with Crippen LogP contribution in [-0.4, -0.2) is 39.2 Å². The molecule has 1 aliphatic heterocycles. The van der Waals surface area contributed by atoms with E-state index in [1.807, 2.05) is 12.4 Å². The molecule has 2 fully saturated rings. The SMILES string of the molecule is c1cc(CN[C@@H]2CCCN(Cc3noc(C4CC4)n3)C2)ccn1. The molecule has 0 unspecified atom stereocenters. The van der Waals surface area contributed by atoms with E-state index in [2.05, 4.69) is 37.5 Å². The van der Waals surface area contributed by atoms with Gasteiger partial charge in [0.05, 0.1) is 6.54 Å². The van der Waals surface area contributed by atoms with E-state index in [1.54, 1.807) is 0 Å². The molecule has 2 aromatic rings. The maximum absolute atomic E-state index is 5.35. The number of nitrogens with one attached hydrogen (secondary N) is 1. The normalized spacial score (nSPS) is 22.3. The second-order valence-corrected chi connectivity index (χ2v) is 6.63. The van der Waals surface area contributed by atoms with Crippen LogP contribution < -0.4 is 5.32 Å². The van der Waals surface area contributed by atoms with E-state index in [1.165, 1.54) is 31.2 Å². The average Bonchev–Trinajstić information content (AvgIpc) is 3.34. The number of pyridine rings is 1.